The number of halogens is 3. The second-order valence-corrected chi connectivity index (χ2v) is 8.20. The highest BCUT2D eigenvalue weighted by atomic mass is 127. The SMILES string of the molecule is CN=C(NCCc1ncc(C)s1)NCC(C)(C)c1ccc(F)cc1Cl.I. The van der Waals surface area contributed by atoms with Gasteiger partial charge in [0.15, 0.2) is 5.96 Å². The van der Waals surface area contributed by atoms with Gasteiger partial charge in [-0.3, -0.25) is 4.99 Å². The smallest absolute Gasteiger partial charge is 0.191 e. The summed E-state index contributed by atoms with van der Waals surface area (Å²) in [4.78, 5) is 9.81. The molecule has 8 heteroatoms. The lowest BCUT2D eigenvalue weighted by molar-refractivity contribution is 0.507. The summed E-state index contributed by atoms with van der Waals surface area (Å²) in [5, 5.41) is 8.15. The van der Waals surface area contributed by atoms with Crippen molar-refractivity contribution >= 4 is 52.9 Å². The lowest BCUT2D eigenvalue weighted by Crippen LogP contribution is -2.44. The zero-order valence-electron chi connectivity index (χ0n) is 15.4. The van der Waals surface area contributed by atoms with E-state index in [9.17, 15) is 4.39 Å². The number of thiazole rings is 1. The summed E-state index contributed by atoms with van der Waals surface area (Å²) >= 11 is 7.91. The third-order valence-electron chi connectivity index (χ3n) is 3.88. The summed E-state index contributed by atoms with van der Waals surface area (Å²) in [6.07, 6.45) is 2.74. The highest BCUT2D eigenvalue weighted by Crippen LogP contribution is 2.29. The zero-order chi connectivity index (χ0) is 18.4. The van der Waals surface area contributed by atoms with E-state index in [4.69, 9.17) is 11.6 Å². The Kier molecular flexibility index (Phi) is 9.26. The molecule has 0 aliphatic rings. The van der Waals surface area contributed by atoms with Gasteiger partial charge in [0.1, 0.15) is 5.82 Å². The Morgan fingerprint density at radius 2 is 2.08 bits per heavy atom. The van der Waals surface area contributed by atoms with E-state index in [1.165, 1.54) is 17.0 Å². The summed E-state index contributed by atoms with van der Waals surface area (Å²) in [6, 6.07) is 4.52. The molecule has 144 valence electrons. The van der Waals surface area contributed by atoms with Crippen LogP contribution in [-0.2, 0) is 11.8 Å². The maximum Gasteiger partial charge on any atom is 0.191 e. The average molecular weight is 511 g/mol. The van der Waals surface area contributed by atoms with Gasteiger partial charge in [0.05, 0.1) is 5.01 Å². The number of nitrogens with one attached hydrogen (secondary N) is 2. The first-order valence-electron chi connectivity index (χ1n) is 8.13. The largest absolute Gasteiger partial charge is 0.356 e. The van der Waals surface area contributed by atoms with Gasteiger partial charge in [0.25, 0.3) is 0 Å². The standard InChI is InChI=1S/C18H24ClFN4S.HI/c1-12-10-23-16(25-12)7-8-22-17(21-4)24-11-18(2,3)14-6-5-13(20)9-15(14)19;/h5-6,9-10H,7-8,11H2,1-4H3,(H2,21,22,24);1H. The molecule has 2 aromatic rings. The Labute approximate surface area is 180 Å². The van der Waals surface area contributed by atoms with Crippen LogP contribution in [0, 0.1) is 12.7 Å². The molecule has 0 bridgehead atoms. The molecule has 4 nitrogen and oxygen atoms in total. The molecule has 0 saturated carbocycles. The first-order valence-corrected chi connectivity index (χ1v) is 9.32. The van der Waals surface area contributed by atoms with Crippen molar-refractivity contribution < 1.29 is 4.39 Å². The summed E-state index contributed by atoms with van der Waals surface area (Å²) in [6.45, 7) is 7.55. The highest BCUT2D eigenvalue weighted by molar-refractivity contribution is 14.0. The molecule has 1 heterocycles. The number of nitrogens with zero attached hydrogens (tertiary/aromatic N) is 2. The molecule has 1 aromatic carbocycles. The van der Waals surface area contributed by atoms with E-state index in [0.29, 0.717) is 11.6 Å². The molecule has 26 heavy (non-hydrogen) atoms. The second-order valence-electron chi connectivity index (χ2n) is 6.48. The van der Waals surface area contributed by atoms with Gasteiger partial charge in [0.2, 0.25) is 0 Å². The van der Waals surface area contributed by atoms with Crippen LogP contribution in [0.3, 0.4) is 0 Å². The maximum absolute atomic E-state index is 13.3. The van der Waals surface area contributed by atoms with E-state index >= 15 is 0 Å². The summed E-state index contributed by atoms with van der Waals surface area (Å²) in [7, 11) is 1.74. The number of rotatable bonds is 6. The molecule has 0 radical (unpaired) electrons. The Balaban J connectivity index is 0.00000338. The van der Waals surface area contributed by atoms with Crippen molar-refractivity contribution in [1.29, 1.82) is 0 Å². The summed E-state index contributed by atoms with van der Waals surface area (Å²) in [5.74, 6) is 0.395. The van der Waals surface area contributed by atoms with Gasteiger partial charge in [-0.15, -0.1) is 35.3 Å². The van der Waals surface area contributed by atoms with E-state index in [0.717, 1.165) is 29.5 Å². The molecule has 1 aromatic heterocycles. The third kappa shape index (κ3) is 6.66. The normalized spacial score (nSPS) is 11.8. The Hall–Kier alpha value is -0.930. The number of aromatic nitrogens is 1. The van der Waals surface area contributed by atoms with Gasteiger partial charge in [-0.05, 0) is 24.6 Å². The minimum Gasteiger partial charge on any atom is -0.356 e. The summed E-state index contributed by atoms with van der Waals surface area (Å²) < 4.78 is 13.3. The van der Waals surface area contributed by atoms with Crippen LogP contribution in [0.15, 0.2) is 29.4 Å². The van der Waals surface area contributed by atoms with Crippen molar-refractivity contribution in [1.82, 2.24) is 15.6 Å². The predicted octanol–water partition coefficient (Wildman–Crippen LogP) is 4.55. The van der Waals surface area contributed by atoms with Crippen molar-refractivity contribution in [2.45, 2.75) is 32.6 Å². The Morgan fingerprint density at radius 1 is 1.35 bits per heavy atom. The Bertz CT molecular complexity index is 749. The van der Waals surface area contributed by atoms with Crippen molar-refractivity contribution in [2.75, 3.05) is 20.1 Å². The van der Waals surface area contributed by atoms with Crippen molar-refractivity contribution in [2.24, 2.45) is 4.99 Å². The lowest BCUT2D eigenvalue weighted by Gasteiger charge is -2.27. The van der Waals surface area contributed by atoms with Gasteiger partial charge < -0.3 is 10.6 Å². The molecule has 0 spiro atoms. The fourth-order valence-electron chi connectivity index (χ4n) is 2.46. The van der Waals surface area contributed by atoms with Crippen LogP contribution in [0.2, 0.25) is 5.02 Å². The highest BCUT2D eigenvalue weighted by Gasteiger charge is 2.24. The van der Waals surface area contributed by atoms with Crippen LogP contribution in [-0.4, -0.2) is 31.1 Å². The molecular formula is C18H25ClFIN4S. The number of guanidine groups is 1. The second kappa shape index (κ2) is 10.4. The van der Waals surface area contributed by atoms with Gasteiger partial charge >= 0.3 is 0 Å². The quantitative estimate of drug-likeness (QED) is 0.341. The van der Waals surface area contributed by atoms with Crippen LogP contribution in [0.5, 0.6) is 0 Å². The van der Waals surface area contributed by atoms with E-state index < -0.39 is 0 Å². The van der Waals surface area contributed by atoms with Crippen LogP contribution < -0.4 is 10.6 Å². The number of aliphatic imine (C=N–C) groups is 1. The van der Waals surface area contributed by atoms with Crippen molar-refractivity contribution in [3.8, 4) is 0 Å². The number of aryl methyl sites for hydroxylation is 1. The number of hydrogen-bond donors (Lipinski definition) is 2. The molecule has 0 fully saturated rings. The molecule has 0 aliphatic heterocycles. The summed E-state index contributed by atoms with van der Waals surface area (Å²) in [5.41, 5.74) is 0.631. The predicted molar refractivity (Wildman–Crippen MR) is 120 cm³/mol. The van der Waals surface area contributed by atoms with Crippen LogP contribution >= 0.6 is 46.9 Å². The van der Waals surface area contributed by atoms with Gasteiger partial charge in [-0.25, -0.2) is 9.37 Å². The average Bonchev–Trinajstić information content (AvgIpc) is 2.95. The zero-order valence-corrected chi connectivity index (χ0v) is 19.3. The molecule has 0 amide bonds. The Morgan fingerprint density at radius 3 is 2.65 bits per heavy atom. The molecule has 2 rings (SSSR count). The fraction of sp³-hybridized carbons (Fsp3) is 0.444. The van der Waals surface area contributed by atoms with E-state index in [-0.39, 0.29) is 35.2 Å². The first kappa shape index (κ1) is 23.1. The number of benzene rings is 1. The first-order chi connectivity index (χ1) is 11.8. The van der Waals surface area contributed by atoms with Gasteiger partial charge in [-0.1, -0.05) is 31.5 Å². The van der Waals surface area contributed by atoms with Gasteiger partial charge in [0, 0.05) is 48.1 Å². The topological polar surface area (TPSA) is 49.3 Å². The van der Waals surface area contributed by atoms with Crippen LogP contribution in [0.1, 0.15) is 29.3 Å². The van der Waals surface area contributed by atoms with Gasteiger partial charge in [-0.2, -0.15) is 0 Å². The monoisotopic (exact) mass is 510 g/mol. The number of hydrogen-bond acceptors (Lipinski definition) is 3. The molecular weight excluding hydrogens is 486 g/mol. The molecule has 0 atom stereocenters. The van der Waals surface area contributed by atoms with Crippen molar-refractivity contribution in [3.63, 3.8) is 0 Å². The minimum atomic E-state index is -0.326. The lowest BCUT2D eigenvalue weighted by atomic mass is 9.84. The molecule has 0 aliphatic carbocycles. The molecule has 0 saturated heterocycles. The van der Waals surface area contributed by atoms with E-state index in [2.05, 4.69) is 41.4 Å². The molecule has 0 unspecified atom stereocenters. The van der Waals surface area contributed by atoms with E-state index in [1.807, 2.05) is 6.20 Å². The minimum absolute atomic E-state index is 0. The fourth-order valence-corrected chi connectivity index (χ4v) is 3.67. The van der Waals surface area contributed by atoms with E-state index in [1.54, 1.807) is 24.5 Å². The van der Waals surface area contributed by atoms with Crippen LogP contribution in [0.25, 0.3) is 0 Å². The maximum atomic E-state index is 13.3. The third-order valence-corrected chi connectivity index (χ3v) is 5.17. The van der Waals surface area contributed by atoms with Crippen molar-refractivity contribution in [3.05, 3.63) is 50.7 Å². The molecule has 2 N–H and O–H groups in total. The van der Waals surface area contributed by atoms with Crippen LogP contribution in [0.4, 0.5) is 4.39 Å².